The van der Waals surface area contributed by atoms with Gasteiger partial charge in [0.2, 0.25) is 0 Å². The Kier molecular flexibility index (Phi) is 5.82. The van der Waals surface area contributed by atoms with Crippen LogP contribution in [0.1, 0.15) is 27.7 Å². The number of nitrogens with one attached hydrogen (secondary N) is 1. The zero-order valence-electron chi connectivity index (χ0n) is 12.3. The van der Waals surface area contributed by atoms with Crippen molar-refractivity contribution >= 4 is 17.3 Å². The SMILES string of the molecule is COCC(C)NC(=S)N1CCN(C(C)(C)C)CC1. The average molecular weight is 273 g/mol. The van der Waals surface area contributed by atoms with E-state index in [9.17, 15) is 0 Å². The van der Waals surface area contributed by atoms with Gasteiger partial charge in [-0.2, -0.15) is 0 Å². The van der Waals surface area contributed by atoms with Gasteiger partial charge in [-0.25, -0.2) is 0 Å². The van der Waals surface area contributed by atoms with Gasteiger partial charge < -0.3 is 15.0 Å². The Bertz CT molecular complexity index is 270. The van der Waals surface area contributed by atoms with Crippen LogP contribution in [0.15, 0.2) is 0 Å². The summed E-state index contributed by atoms with van der Waals surface area (Å²) in [7, 11) is 1.71. The number of methoxy groups -OCH3 is 1. The number of hydrogen-bond acceptors (Lipinski definition) is 3. The van der Waals surface area contributed by atoms with Crippen molar-refractivity contribution in [3.05, 3.63) is 0 Å². The molecule has 0 spiro atoms. The summed E-state index contributed by atoms with van der Waals surface area (Å²) in [6, 6.07) is 0.267. The van der Waals surface area contributed by atoms with Gasteiger partial charge >= 0.3 is 0 Å². The molecule has 1 aliphatic rings. The van der Waals surface area contributed by atoms with Gasteiger partial charge in [0.15, 0.2) is 5.11 Å². The minimum atomic E-state index is 0.254. The third kappa shape index (κ3) is 4.71. The first-order valence-corrected chi connectivity index (χ1v) is 7.05. The highest BCUT2D eigenvalue weighted by Crippen LogP contribution is 2.15. The summed E-state index contributed by atoms with van der Waals surface area (Å²) in [5, 5.41) is 4.17. The van der Waals surface area contributed by atoms with Crippen molar-refractivity contribution in [2.75, 3.05) is 39.9 Å². The van der Waals surface area contributed by atoms with Gasteiger partial charge in [0.05, 0.1) is 6.61 Å². The molecule has 18 heavy (non-hydrogen) atoms. The molecule has 4 nitrogen and oxygen atoms in total. The first kappa shape index (κ1) is 15.7. The molecule has 0 radical (unpaired) electrons. The molecule has 1 saturated heterocycles. The third-order valence-corrected chi connectivity index (χ3v) is 3.68. The van der Waals surface area contributed by atoms with E-state index in [-0.39, 0.29) is 11.6 Å². The Morgan fingerprint density at radius 3 is 2.28 bits per heavy atom. The molecule has 1 aliphatic heterocycles. The van der Waals surface area contributed by atoms with Crippen molar-refractivity contribution in [2.24, 2.45) is 0 Å². The van der Waals surface area contributed by atoms with Crippen molar-refractivity contribution < 1.29 is 4.74 Å². The van der Waals surface area contributed by atoms with E-state index in [2.05, 4.69) is 42.8 Å². The number of nitrogens with zero attached hydrogens (tertiary/aromatic N) is 2. The van der Waals surface area contributed by atoms with Crippen LogP contribution in [0.2, 0.25) is 0 Å². The lowest BCUT2D eigenvalue weighted by Crippen LogP contribution is -2.57. The van der Waals surface area contributed by atoms with Crippen LogP contribution in [-0.2, 0) is 4.74 Å². The Balaban J connectivity index is 2.36. The van der Waals surface area contributed by atoms with Crippen molar-refractivity contribution in [3.63, 3.8) is 0 Å². The molecule has 0 saturated carbocycles. The van der Waals surface area contributed by atoms with Gasteiger partial charge in [-0.05, 0) is 39.9 Å². The number of ether oxygens (including phenoxy) is 1. The Morgan fingerprint density at radius 2 is 1.83 bits per heavy atom. The van der Waals surface area contributed by atoms with Crippen LogP contribution in [0.4, 0.5) is 0 Å². The maximum absolute atomic E-state index is 5.44. The molecule has 0 aromatic heterocycles. The molecule has 0 aromatic carbocycles. The van der Waals surface area contributed by atoms with Gasteiger partial charge in [0, 0.05) is 44.9 Å². The van der Waals surface area contributed by atoms with Crippen molar-refractivity contribution in [1.29, 1.82) is 0 Å². The summed E-state index contributed by atoms with van der Waals surface area (Å²) in [4.78, 5) is 4.76. The largest absolute Gasteiger partial charge is 0.383 e. The molecule has 1 rings (SSSR count). The quantitative estimate of drug-likeness (QED) is 0.783. The van der Waals surface area contributed by atoms with Crippen LogP contribution in [0.3, 0.4) is 0 Å². The summed E-state index contributed by atoms with van der Waals surface area (Å²) in [6.07, 6.45) is 0. The topological polar surface area (TPSA) is 27.7 Å². The minimum absolute atomic E-state index is 0.254. The molecular weight excluding hydrogens is 246 g/mol. The summed E-state index contributed by atoms with van der Waals surface area (Å²) in [5.41, 5.74) is 0.254. The lowest BCUT2D eigenvalue weighted by Gasteiger charge is -2.43. The van der Waals surface area contributed by atoms with Gasteiger partial charge in [0.1, 0.15) is 0 Å². The van der Waals surface area contributed by atoms with Crippen LogP contribution in [0.25, 0.3) is 0 Å². The molecule has 0 bridgehead atoms. The van der Waals surface area contributed by atoms with Crippen molar-refractivity contribution in [3.8, 4) is 0 Å². The lowest BCUT2D eigenvalue weighted by molar-refractivity contribution is 0.0872. The molecule has 0 aromatic rings. The van der Waals surface area contributed by atoms with Gasteiger partial charge in [-0.3, -0.25) is 4.90 Å². The molecule has 1 N–H and O–H groups in total. The molecule has 106 valence electrons. The van der Waals surface area contributed by atoms with E-state index in [4.69, 9.17) is 17.0 Å². The molecule has 0 aliphatic carbocycles. The summed E-state index contributed by atoms with van der Waals surface area (Å²) < 4.78 is 5.10. The van der Waals surface area contributed by atoms with Gasteiger partial charge in [-0.15, -0.1) is 0 Å². The van der Waals surface area contributed by atoms with Crippen LogP contribution in [0, 0.1) is 0 Å². The molecule has 0 amide bonds. The van der Waals surface area contributed by atoms with E-state index < -0.39 is 0 Å². The van der Waals surface area contributed by atoms with E-state index in [1.54, 1.807) is 7.11 Å². The maximum Gasteiger partial charge on any atom is 0.169 e. The predicted molar refractivity (Wildman–Crippen MR) is 80.0 cm³/mol. The minimum Gasteiger partial charge on any atom is -0.383 e. The third-order valence-electron chi connectivity index (χ3n) is 3.30. The fraction of sp³-hybridized carbons (Fsp3) is 0.923. The normalized spacial score (nSPS) is 19.7. The second-order valence-corrected chi connectivity index (χ2v) is 6.34. The second kappa shape index (κ2) is 6.68. The number of piperazine rings is 1. The fourth-order valence-electron chi connectivity index (χ4n) is 2.17. The van der Waals surface area contributed by atoms with Crippen LogP contribution in [-0.4, -0.2) is 66.4 Å². The lowest BCUT2D eigenvalue weighted by atomic mass is 10.1. The highest BCUT2D eigenvalue weighted by molar-refractivity contribution is 7.80. The summed E-state index contributed by atoms with van der Waals surface area (Å²) in [5.74, 6) is 0. The van der Waals surface area contributed by atoms with Crippen LogP contribution in [0.5, 0.6) is 0 Å². The highest BCUT2D eigenvalue weighted by atomic mass is 32.1. The van der Waals surface area contributed by atoms with Gasteiger partial charge in [-0.1, -0.05) is 0 Å². The second-order valence-electron chi connectivity index (χ2n) is 5.95. The van der Waals surface area contributed by atoms with Crippen molar-refractivity contribution in [2.45, 2.75) is 39.3 Å². The van der Waals surface area contributed by atoms with E-state index in [0.717, 1.165) is 31.3 Å². The molecule has 1 atom stereocenters. The Labute approximate surface area is 117 Å². The molecule has 1 heterocycles. The average Bonchev–Trinajstić information content (AvgIpc) is 2.28. The molecular formula is C13H27N3OS. The number of rotatable bonds is 3. The standard InChI is InChI=1S/C13H27N3OS/c1-11(10-17-5)14-12(18)15-6-8-16(9-7-15)13(2,3)4/h11H,6-10H2,1-5H3,(H,14,18). The summed E-state index contributed by atoms with van der Waals surface area (Å²) >= 11 is 5.44. The van der Waals surface area contributed by atoms with Crippen LogP contribution >= 0.6 is 12.2 Å². The number of thiocarbonyl (C=S) groups is 1. The first-order chi connectivity index (χ1) is 8.34. The Morgan fingerprint density at radius 1 is 1.28 bits per heavy atom. The first-order valence-electron chi connectivity index (χ1n) is 6.64. The zero-order chi connectivity index (χ0) is 13.8. The van der Waals surface area contributed by atoms with E-state index >= 15 is 0 Å². The molecule has 1 unspecified atom stereocenters. The zero-order valence-corrected chi connectivity index (χ0v) is 13.1. The fourth-order valence-corrected chi connectivity index (χ4v) is 2.56. The summed E-state index contributed by atoms with van der Waals surface area (Å²) in [6.45, 7) is 13.7. The smallest absolute Gasteiger partial charge is 0.169 e. The van der Waals surface area contributed by atoms with Gasteiger partial charge in [0.25, 0.3) is 0 Å². The Hall–Kier alpha value is -0.390. The maximum atomic E-state index is 5.44. The van der Waals surface area contributed by atoms with E-state index in [0.29, 0.717) is 6.61 Å². The van der Waals surface area contributed by atoms with Crippen molar-refractivity contribution in [1.82, 2.24) is 15.1 Å². The number of hydrogen-bond donors (Lipinski definition) is 1. The predicted octanol–water partition coefficient (Wildman–Crippen LogP) is 1.31. The van der Waals surface area contributed by atoms with E-state index in [1.165, 1.54) is 0 Å². The molecule has 5 heteroatoms. The van der Waals surface area contributed by atoms with E-state index in [1.807, 2.05) is 0 Å². The monoisotopic (exact) mass is 273 g/mol. The molecule has 1 fully saturated rings. The highest BCUT2D eigenvalue weighted by Gasteiger charge is 2.26. The van der Waals surface area contributed by atoms with Crippen LogP contribution < -0.4 is 5.32 Å².